The first-order valence-electron chi connectivity index (χ1n) is 4.26. The van der Waals surface area contributed by atoms with E-state index < -0.39 is 4.92 Å². The molecule has 0 bridgehead atoms. The van der Waals surface area contributed by atoms with Crippen molar-refractivity contribution in [3.63, 3.8) is 0 Å². The van der Waals surface area contributed by atoms with Gasteiger partial charge in [-0.15, -0.1) is 0 Å². The summed E-state index contributed by atoms with van der Waals surface area (Å²) in [4.78, 5) is 9.99. The lowest BCUT2D eigenvalue weighted by Crippen LogP contribution is -2.01. The van der Waals surface area contributed by atoms with Crippen molar-refractivity contribution in [1.82, 2.24) is 0 Å². The van der Waals surface area contributed by atoms with E-state index in [-0.39, 0.29) is 18.0 Å². The maximum absolute atomic E-state index is 10.5. The van der Waals surface area contributed by atoms with E-state index >= 15 is 0 Å². The molecule has 0 aliphatic rings. The molecule has 14 heavy (non-hydrogen) atoms. The van der Waals surface area contributed by atoms with Gasteiger partial charge in [0.15, 0.2) is 0 Å². The Balaban J connectivity index is 3.30. The van der Waals surface area contributed by atoms with E-state index in [2.05, 4.69) is 0 Å². The third-order valence-electron chi connectivity index (χ3n) is 2.10. The van der Waals surface area contributed by atoms with Gasteiger partial charge in [-0.25, -0.2) is 0 Å². The highest BCUT2D eigenvalue weighted by Crippen LogP contribution is 2.26. The summed E-state index contributed by atoms with van der Waals surface area (Å²) in [6.45, 7) is 1.70. The molecule has 5 heteroatoms. The molecule has 0 heterocycles. The molecule has 3 N–H and O–H groups in total. The molecule has 1 rings (SSSR count). The van der Waals surface area contributed by atoms with Gasteiger partial charge in [-0.2, -0.15) is 0 Å². The highest BCUT2D eigenvalue weighted by molar-refractivity contribution is 5.61. The Morgan fingerprint density at radius 1 is 1.50 bits per heavy atom. The number of nitrogens with zero attached hydrogens (tertiary/aromatic N) is 1. The number of nitro groups is 1. The normalized spacial score (nSPS) is 10.1. The maximum Gasteiger partial charge on any atom is 0.292 e. The van der Waals surface area contributed by atoms with Crippen molar-refractivity contribution in [2.24, 2.45) is 0 Å². The molecule has 76 valence electrons. The van der Waals surface area contributed by atoms with Gasteiger partial charge < -0.3 is 10.8 Å². The summed E-state index contributed by atoms with van der Waals surface area (Å²) >= 11 is 0. The SMILES string of the molecule is CCc1cc(N)c([N+](=O)[O-])cc1CO. The van der Waals surface area contributed by atoms with Gasteiger partial charge in [-0.05, 0) is 23.6 Å². The second-order valence-corrected chi connectivity index (χ2v) is 2.95. The van der Waals surface area contributed by atoms with Crippen LogP contribution in [0.3, 0.4) is 0 Å². The third kappa shape index (κ3) is 1.82. The lowest BCUT2D eigenvalue weighted by Gasteiger charge is -2.06. The number of aryl methyl sites for hydroxylation is 1. The first-order chi connectivity index (χ1) is 6.60. The second-order valence-electron chi connectivity index (χ2n) is 2.95. The molecule has 1 aromatic carbocycles. The van der Waals surface area contributed by atoms with Gasteiger partial charge in [-0.3, -0.25) is 10.1 Å². The summed E-state index contributed by atoms with van der Waals surface area (Å²) in [6, 6.07) is 2.87. The first kappa shape index (κ1) is 10.5. The standard InChI is InChI=1S/C9H12N2O3/c1-2-6-3-8(10)9(11(13)14)4-7(6)5-12/h3-4,12H,2,5,10H2,1H3. The molecule has 0 unspecified atom stereocenters. The summed E-state index contributed by atoms with van der Waals surface area (Å²) < 4.78 is 0. The summed E-state index contributed by atoms with van der Waals surface area (Å²) in [6.07, 6.45) is 0.693. The molecule has 0 saturated heterocycles. The van der Waals surface area contributed by atoms with Crippen molar-refractivity contribution < 1.29 is 10.0 Å². The van der Waals surface area contributed by atoms with Gasteiger partial charge in [0.2, 0.25) is 0 Å². The monoisotopic (exact) mass is 196 g/mol. The summed E-state index contributed by atoms with van der Waals surface area (Å²) in [5.41, 5.74) is 6.90. The minimum Gasteiger partial charge on any atom is -0.393 e. The molecule has 0 radical (unpaired) electrons. The molecule has 0 fully saturated rings. The van der Waals surface area contributed by atoms with Crippen molar-refractivity contribution >= 4 is 11.4 Å². The summed E-state index contributed by atoms with van der Waals surface area (Å²) in [5.74, 6) is 0. The van der Waals surface area contributed by atoms with Crippen molar-refractivity contribution in [3.05, 3.63) is 33.4 Å². The van der Waals surface area contributed by atoms with E-state index in [1.165, 1.54) is 6.07 Å². The van der Waals surface area contributed by atoms with E-state index in [1.54, 1.807) is 6.07 Å². The van der Waals surface area contributed by atoms with E-state index in [0.717, 1.165) is 5.56 Å². The van der Waals surface area contributed by atoms with E-state index in [0.29, 0.717) is 12.0 Å². The fraction of sp³-hybridized carbons (Fsp3) is 0.333. The molecular weight excluding hydrogens is 184 g/mol. The Bertz CT molecular complexity index is 363. The van der Waals surface area contributed by atoms with Gasteiger partial charge >= 0.3 is 0 Å². The van der Waals surface area contributed by atoms with Gasteiger partial charge in [0.05, 0.1) is 11.5 Å². The predicted octanol–water partition coefficient (Wildman–Crippen LogP) is 1.23. The number of hydrogen-bond acceptors (Lipinski definition) is 4. The van der Waals surface area contributed by atoms with Crippen LogP contribution in [0, 0.1) is 10.1 Å². The van der Waals surface area contributed by atoms with Crippen LogP contribution in [0.15, 0.2) is 12.1 Å². The zero-order chi connectivity index (χ0) is 10.7. The van der Waals surface area contributed by atoms with Crippen LogP contribution < -0.4 is 5.73 Å². The Hall–Kier alpha value is -1.62. The number of hydrogen-bond donors (Lipinski definition) is 2. The van der Waals surface area contributed by atoms with E-state index in [4.69, 9.17) is 10.8 Å². The molecule has 0 aliphatic heterocycles. The minimum absolute atomic E-state index is 0.143. The lowest BCUT2D eigenvalue weighted by atomic mass is 10.0. The molecular formula is C9H12N2O3. The molecule has 0 amide bonds. The van der Waals surface area contributed by atoms with Gasteiger partial charge in [0.1, 0.15) is 5.69 Å². The van der Waals surface area contributed by atoms with Crippen molar-refractivity contribution in [2.45, 2.75) is 20.0 Å². The fourth-order valence-corrected chi connectivity index (χ4v) is 1.33. The predicted molar refractivity (Wildman–Crippen MR) is 52.8 cm³/mol. The highest BCUT2D eigenvalue weighted by atomic mass is 16.6. The van der Waals surface area contributed by atoms with Crippen LogP contribution in [-0.2, 0) is 13.0 Å². The van der Waals surface area contributed by atoms with Crippen LogP contribution in [0.4, 0.5) is 11.4 Å². The van der Waals surface area contributed by atoms with Gasteiger partial charge in [-0.1, -0.05) is 6.92 Å². The number of aliphatic hydroxyl groups is 1. The average molecular weight is 196 g/mol. The van der Waals surface area contributed by atoms with Crippen LogP contribution in [0.2, 0.25) is 0 Å². The summed E-state index contributed by atoms with van der Waals surface area (Å²) in [5, 5.41) is 19.5. The molecule has 5 nitrogen and oxygen atoms in total. The minimum atomic E-state index is -0.548. The van der Waals surface area contributed by atoms with Crippen LogP contribution in [0.1, 0.15) is 18.1 Å². The molecule has 1 aromatic rings. The number of rotatable bonds is 3. The number of anilines is 1. The van der Waals surface area contributed by atoms with Crippen LogP contribution >= 0.6 is 0 Å². The van der Waals surface area contributed by atoms with E-state index in [9.17, 15) is 10.1 Å². The van der Waals surface area contributed by atoms with E-state index in [1.807, 2.05) is 6.92 Å². The van der Waals surface area contributed by atoms with Crippen LogP contribution in [-0.4, -0.2) is 10.0 Å². The second kappa shape index (κ2) is 4.06. The van der Waals surface area contributed by atoms with Crippen molar-refractivity contribution in [1.29, 1.82) is 0 Å². The summed E-state index contributed by atoms with van der Waals surface area (Å²) in [7, 11) is 0. The largest absolute Gasteiger partial charge is 0.393 e. The van der Waals surface area contributed by atoms with Crippen molar-refractivity contribution in [2.75, 3.05) is 5.73 Å². The van der Waals surface area contributed by atoms with Gasteiger partial charge in [0, 0.05) is 6.07 Å². The third-order valence-corrected chi connectivity index (χ3v) is 2.10. The van der Waals surface area contributed by atoms with Crippen LogP contribution in [0.5, 0.6) is 0 Å². The molecule has 0 atom stereocenters. The number of benzene rings is 1. The molecule has 0 aromatic heterocycles. The topological polar surface area (TPSA) is 89.4 Å². The fourth-order valence-electron chi connectivity index (χ4n) is 1.33. The quantitative estimate of drug-likeness (QED) is 0.432. The zero-order valence-electron chi connectivity index (χ0n) is 7.86. The zero-order valence-corrected chi connectivity index (χ0v) is 7.86. The van der Waals surface area contributed by atoms with Gasteiger partial charge in [0.25, 0.3) is 5.69 Å². The number of nitro benzene ring substituents is 1. The molecule has 0 saturated carbocycles. The number of nitrogen functional groups attached to an aromatic ring is 1. The lowest BCUT2D eigenvalue weighted by molar-refractivity contribution is -0.384. The molecule has 0 spiro atoms. The average Bonchev–Trinajstić information content (AvgIpc) is 2.16. The van der Waals surface area contributed by atoms with Crippen molar-refractivity contribution in [3.8, 4) is 0 Å². The Labute approximate surface area is 81.3 Å². The smallest absolute Gasteiger partial charge is 0.292 e. The first-order valence-corrected chi connectivity index (χ1v) is 4.26. The Morgan fingerprint density at radius 3 is 2.57 bits per heavy atom. The number of aliphatic hydroxyl groups excluding tert-OH is 1. The maximum atomic E-state index is 10.5. The Kier molecular flexibility index (Phi) is 3.03. The van der Waals surface area contributed by atoms with Crippen LogP contribution in [0.25, 0.3) is 0 Å². The number of nitrogens with two attached hydrogens (primary N) is 1. The highest BCUT2D eigenvalue weighted by Gasteiger charge is 2.14. The molecule has 0 aliphatic carbocycles. The Morgan fingerprint density at radius 2 is 2.14 bits per heavy atom.